The van der Waals surface area contributed by atoms with Gasteiger partial charge < -0.3 is 14.2 Å². The second-order valence-electron chi connectivity index (χ2n) is 8.15. The Morgan fingerprint density at radius 1 is 1.15 bits per heavy atom. The molecule has 0 fully saturated rings. The van der Waals surface area contributed by atoms with Crippen LogP contribution in [0.3, 0.4) is 0 Å². The van der Waals surface area contributed by atoms with Crippen LogP contribution in [-0.4, -0.2) is 41.5 Å². The van der Waals surface area contributed by atoms with Crippen LogP contribution in [0, 0.1) is 0 Å². The van der Waals surface area contributed by atoms with Crippen molar-refractivity contribution < 1.29 is 19.0 Å². The van der Waals surface area contributed by atoms with Gasteiger partial charge in [0.1, 0.15) is 22.1 Å². The highest BCUT2D eigenvalue weighted by Crippen LogP contribution is 2.55. The van der Waals surface area contributed by atoms with Crippen molar-refractivity contribution in [3.8, 4) is 5.75 Å². The van der Waals surface area contributed by atoms with Gasteiger partial charge in [-0.15, -0.1) is 0 Å². The van der Waals surface area contributed by atoms with Gasteiger partial charge in [0, 0.05) is 17.6 Å². The first-order valence-electron chi connectivity index (χ1n) is 10.6. The number of imidazole rings is 1. The molecule has 8 heteroatoms. The van der Waals surface area contributed by atoms with Crippen molar-refractivity contribution in [1.29, 1.82) is 0 Å². The molecule has 33 heavy (non-hydrogen) atoms. The SMILES string of the molecule is COC1=CC=CC23CC(C)=C(OC)C(C)=C2n2c(SC(=O)c4cccc(OC)c4)cnc2N13. The average Bonchev–Trinajstić information content (AvgIpc) is 3.34. The maximum absolute atomic E-state index is 13.2. The molecule has 0 bridgehead atoms. The number of fused-ring (bicyclic) bond motifs is 3. The molecule has 1 aromatic heterocycles. The van der Waals surface area contributed by atoms with Crippen molar-refractivity contribution in [3.63, 3.8) is 0 Å². The van der Waals surface area contributed by atoms with E-state index in [4.69, 9.17) is 19.2 Å². The molecule has 0 saturated heterocycles. The molecule has 1 spiro atoms. The van der Waals surface area contributed by atoms with E-state index in [0.29, 0.717) is 23.1 Å². The number of nitrogens with zero attached hydrogens (tertiary/aromatic N) is 3. The van der Waals surface area contributed by atoms with E-state index >= 15 is 0 Å². The summed E-state index contributed by atoms with van der Waals surface area (Å²) in [6.45, 7) is 4.15. The molecular weight excluding hydrogens is 438 g/mol. The summed E-state index contributed by atoms with van der Waals surface area (Å²) >= 11 is 1.15. The van der Waals surface area contributed by atoms with Crippen molar-refractivity contribution in [3.05, 3.63) is 77.0 Å². The Morgan fingerprint density at radius 3 is 2.70 bits per heavy atom. The molecule has 1 unspecified atom stereocenters. The molecule has 170 valence electrons. The largest absolute Gasteiger partial charge is 0.497 e. The summed E-state index contributed by atoms with van der Waals surface area (Å²) in [6.07, 6.45) is 8.59. The van der Waals surface area contributed by atoms with E-state index in [2.05, 4.69) is 29.4 Å². The van der Waals surface area contributed by atoms with Gasteiger partial charge >= 0.3 is 0 Å². The van der Waals surface area contributed by atoms with Gasteiger partial charge in [0.05, 0.1) is 33.2 Å². The number of methoxy groups -OCH3 is 3. The molecule has 3 aliphatic rings. The third-order valence-corrected chi connectivity index (χ3v) is 7.23. The molecule has 2 aromatic rings. The minimum absolute atomic E-state index is 0.0821. The lowest BCUT2D eigenvalue weighted by molar-refractivity contribution is 0.108. The number of ether oxygens (including phenoxy) is 3. The van der Waals surface area contributed by atoms with E-state index in [-0.39, 0.29) is 5.12 Å². The summed E-state index contributed by atoms with van der Waals surface area (Å²) in [5, 5.41) is 0.654. The first-order chi connectivity index (χ1) is 15.9. The topological polar surface area (TPSA) is 65.8 Å². The summed E-state index contributed by atoms with van der Waals surface area (Å²) in [7, 11) is 4.95. The molecule has 5 rings (SSSR count). The number of hydrogen-bond acceptors (Lipinski definition) is 7. The zero-order valence-corrected chi connectivity index (χ0v) is 20.0. The summed E-state index contributed by atoms with van der Waals surface area (Å²) in [4.78, 5) is 20.0. The quantitative estimate of drug-likeness (QED) is 0.579. The number of hydrogen-bond donors (Lipinski definition) is 0. The summed E-state index contributed by atoms with van der Waals surface area (Å²) < 4.78 is 18.9. The van der Waals surface area contributed by atoms with Crippen molar-refractivity contribution in [1.82, 2.24) is 9.55 Å². The van der Waals surface area contributed by atoms with Crippen LogP contribution in [0.2, 0.25) is 0 Å². The first-order valence-corrected chi connectivity index (χ1v) is 11.4. The lowest BCUT2D eigenvalue weighted by Gasteiger charge is -2.42. The van der Waals surface area contributed by atoms with Crippen LogP contribution in [0.25, 0.3) is 5.70 Å². The number of allylic oxidation sites excluding steroid dienone is 3. The Bertz CT molecular complexity index is 1290. The smallest absolute Gasteiger partial charge is 0.225 e. The average molecular weight is 464 g/mol. The fraction of sp³-hybridized carbons (Fsp3) is 0.280. The second-order valence-corrected chi connectivity index (χ2v) is 9.14. The fourth-order valence-corrected chi connectivity index (χ4v) is 5.88. The molecule has 0 amide bonds. The van der Waals surface area contributed by atoms with E-state index < -0.39 is 5.54 Å². The van der Waals surface area contributed by atoms with Crippen LogP contribution in [-0.2, 0) is 9.47 Å². The Balaban J connectivity index is 1.65. The van der Waals surface area contributed by atoms with E-state index in [1.807, 2.05) is 24.3 Å². The summed E-state index contributed by atoms with van der Waals surface area (Å²) in [5.74, 6) is 2.94. The maximum atomic E-state index is 13.2. The number of anilines is 1. The number of carbonyl (C=O) groups excluding carboxylic acids is 1. The monoisotopic (exact) mass is 463 g/mol. The molecular formula is C25H25N3O4S. The highest BCUT2D eigenvalue weighted by Gasteiger charge is 2.54. The second kappa shape index (κ2) is 7.88. The summed E-state index contributed by atoms with van der Waals surface area (Å²) in [6, 6.07) is 7.17. The van der Waals surface area contributed by atoms with Crippen LogP contribution >= 0.6 is 11.8 Å². The van der Waals surface area contributed by atoms with E-state index in [0.717, 1.165) is 45.8 Å². The van der Waals surface area contributed by atoms with Gasteiger partial charge in [-0.25, -0.2) is 4.98 Å². The van der Waals surface area contributed by atoms with Gasteiger partial charge in [-0.05, 0) is 49.4 Å². The van der Waals surface area contributed by atoms with E-state index in [1.165, 1.54) is 0 Å². The molecule has 2 aliphatic heterocycles. The Hall–Kier alpha value is -3.39. The van der Waals surface area contributed by atoms with E-state index in [9.17, 15) is 4.79 Å². The normalized spacial score (nSPS) is 20.9. The van der Waals surface area contributed by atoms with Crippen molar-refractivity contribution >= 4 is 28.5 Å². The first kappa shape index (κ1) is 21.5. The van der Waals surface area contributed by atoms with Gasteiger partial charge in [0.2, 0.25) is 11.1 Å². The minimum Gasteiger partial charge on any atom is -0.497 e. The van der Waals surface area contributed by atoms with Gasteiger partial charge in [-0.3, -0.25) is 14.3 Å². The van der Waals surface area contributed by atoms with Crippen molar-refractivity contribution in [2.45, 2.75) is 30.8 Å². The summed E-state index contributed by atoms with van der Waals surface area (Å²) in [5.41, 5.74) is 3.27. The standard InChI is InChI=1S/C25H25N3O4S/c1-15-13-25-11-7-10-19(31-4)28(25)24-26-14-20(27(24)22(25)16(2)21(15)32-5)33-23(29)17-8-6-9-18(12-17)30-3/h6-12,14H,13H2,1-5H3. The minimum atomic E-state index is -0.492. The highest BCUT2D eigenvalue weighted by atomic mass is 32.2. The molecule has 7 nitrogen and oxygen atoms in total. The number of carbonyl (C=O) groups is 1. The molecule has 0 radical (unpaired) electrons. The third kappa shape index (κ3) is 3.04. The lowest BCUT2D eigenvalue weighted by atomic mass is 9.78. The van der Waals surface area contributed by atoms with Crippen LogP contribution in [0.5, 0.6) is 5.75 Å². The number of thioether (sulfide) groups is 1. The van der Waals surface area contributed by atoms with Gasteiger partial charge in [0.15, 0.2) is 5.88 Å². The number of rotatable bonds is 5. The number of aromatic nitrogens is 2. The van der Waals surface area contributed by atoms with Crippen molar-refractivity contribution in [2.24, 2.45) is 0 Å². The highest BCUT2D eigenvalue weighted by molar-refractivity contribution is 8.14. The predicted molar refractivity (Wildman–Crippen MR) is 128 cm³/mol. The van der Waals surface area contributed by atoms with Gasteiger partial charge in [0.25, 0.3) is 0 Å². The fourth-order valence-electron chi connectivity index (χ4n) is 5.07. The van der Waals surface area contributed by atoms with E-state index in [1.54, 1.807) is 39.7 Å². The molecule has 1 atom stereocenters. The zero-order chi connectivity index (χ0) is 23.3. The maximum Gasteiger partial charge on any atom is 0.225 e. The van der Waals surface area contributed by atoms with Gasteiger partial charge in [-0.2, -0.15) is 0 Å². The Kier molecular flexibility index (Phi) is 5.12. The lowest BCUT2D eigenvalue weighted by Crippen LogP contribution is -2.48. The van der Waals surface area contributed by atoms with Crippen LogP contribution in [0.1, 0.15) is 30.6 Å². The Morgan fingerprint density at radius 2 is 1.97 bits per heavy atom. The number of benzene rings is 1. The molecule has 0 N–H and O–H groups in total. The van der Waals surface area contributed by atoms with Crippen molar-refractivity contribution in [2.75, 3.05) is 26.2 Å². The van der Waals surface area contributed by atoms with Gasteiger partial charge in [-0.1, -0.05) is 24.3 Å². The third-order valence-electron chi connectivity index (χ3n) is 6.31. The molecule has 1 aliphatic carbocycles. The predicted octanol–water partition coefficient (Wildman–Crippen LogP) is 5.00. The zero-order valence-electron chi connectivity index (χ0n) is 19.2. The van der Waals surface area contributed by atoms with Crippen LogP contribution in [0.15, 0.2) is 76.5 Å². The molecule has 1 aromatic carbocycles. The Labute approximate surface area is 197 Å². The molecule has 0 saturated carbocycles. The van der Waals surface area contributed by atoms with Crippen LogP contribution in [0.4, 0.5) is 5.95 Å². The molecule has 3 heterocycles. The van der Waals surface area contributed by atoms with Crippen LogP contribution < -0.4 is 9.64 Å².